The first-order valence-electron chi connectivity index (χ1n) is 6.17. The summed E-state index contributed by atoms with van der Waals surface area (Å²) in [7, 11) is 1.44. The Morgan fingerprint density at radius 3 is 2.52 bits per heavy atom. The predicted molar refractivity (Wildman–Crippen MR) is 75.6 cm³/mol. The Morgan fingerprint density at radius 2 is 1.86 bits per heavy atom. The summed E-state index contributed by atoms with van der Waals surface area (Å²) in [5.41, 5.74) is 0.801. The summed E-state index contributed by atoms with van der Waals surface area (Å²) in [5, 5.41) is 30.9. The third-order valence-corrected chi connectivity index (χ3v) is 2.92. The highest BCUT2D eigenvalue weighted by atomic mass is 16.5. The Balaban J connectivity index is 2.07. The number of hydrogen-bond donors (Lipinski definition) is 4. The minimum absolute atomic E-state index is 0.0174. The van der Waals surface area contributed by atoms with Crippen LogP contribution in [-0.4, -0.2) is 28.3 Å². The summed E-state index contributed by atoms with van der Waals surface area (Å²) in [5.74, 6) is -0.555. The van der Waals surface area contributed by atoms with Gasteiger partial charge in [0.1, 0.15) is 11.5 Å². The van der Waals surface area contributed by atoms with E-state index in [-0.39, 0.29) is 29.4 Å². The van der Waals surface area contributed by atoms with E-state index in [1.54, 1.807) is 12.1 Å². The molecule has 4 N–H and O–H groups in total. The third-order valence-electron chi connectivity index (χ3n) is 2.92. The number of carbonyl (C=O) groups excluding carboxylic acids is 1. The maximum Gasteiger partial charge on any atom is 0.255 e. The molecule has 0 spiro atoms. The maximum atomic E-state index is 11.9. The van der Waals surface area contributed by atoms with Crippen LogP contribution in [0.5, 0.6) is 23.0 Å². The Hall–Kier alpha value is -2.89. The number of ether oxygens (including phenoxy) is 1. The normalized spacial score (nSPS) is 10.1. The summed E-state index contributed by atoms with van der Waals surface area (Å²) in [4.78, 5) is 11.9. The molecule has 0 heterocycles. The van der Waals surface area contributed by atoms with Crippen molar-refractivity contribution < 1.29 is 24.9 Å². The van der Waals surface area contributed by atoms with E-state index in [4.69, 9.17) is 4.74 Å². The van der Waals surface area contributed by atoms with Gasteiger partial charge in [-0.05, 0) is 29.8 Å². The van der Waals surface area contributed by atoms with E-state index in [2.05, 4.69) is 5.32 Å². The van der Waals surface area contributed by atoms with Crippen LogP contribution < -0.4 is 10.1 Å². The molecule has 0 saturated carbocycles. The van der Waals surface area contributed by atoms with Crippen molar-refractivity contribution in [2.45, 2.75) is 6.54 Å². The highest BCUT2D eigenvalue weighted by Gasteiger charge is 2.11. The lowest BCUT2D eigenvalue weighted by molar-refractivity contribution is 0.0948. The zero-order valence-corrected chi connectivity index (χ0v) is 11.3. The molecule has 2 aromatic carbocycles. The molecule has 6 heteroatoms. The van der Waals surface area contributed by atoms with Gasteiger partial charge in [0.2, 0.25) is 0 Å². The van der Waals surface area contributed by atoms with Gasteiger partial charge in [-0.3, -0.25) is 4.79 Å². The molecule has 21 heavy (non-hydrogen) atoms. The van der Waals surface area contributed by atoms with Crippen molar-refractivity contribution in [3.05, 3.63) is 47.5 Å². The van der Waals surface area contributed by atoms with Crippen molar-refractivity contribution in [1.29, 1.82) is 0 Å². The molecule has 0 saturated heterocycles. The van der Waals surface area contributed by atoms with Crippen molar-refractivity contribution in [3.8, 4) is 23.0 Å². The molecule has 0 atom stereocenters. The van der Waals surface area contributed by atoms with Gasteiger partial charge in [0.05, 0.1) is 12.7 Å². The first-order valence-corrected chi connectivity index (χ1v) is 6.17. The summed E-state index contributed by atoms with van der Waals surface area (Å²) >= 11 is 0. The molecule has 2 rings (SSSR count). The lowest BCUT2D eigenvalue weighted by Crippen LogP contribution is -2.22. The molecular formula is C15H15NO5. The fourth-order valence-electron chi connectivity index (χ4n) is 1.82. The highest BCUT2D eigenvalue weighted by molar-refractivity contribution is 5.96. The van der Waals surface area contributed by atoms with Gasteiger partial charge in [-0.2, -0.15) is 0 Å². The van der Waals surface area contributed by atoms with E-state index in [0.717, 1.165) is 11.6 Å². The van der Waals surface area contributed by atoms with Gasteiger partial charge in [0.15, 0.2) is 11.5 Å². The molecule has 110 valence electrons. The Morgan fingerprint density at radius 1 is 1.10 bits per heavy atom. The summed E-state index contributed by atoms with van der Waals surface area (Å²) in [6, 6.07) is 8.47. The lowest BCUT2D eigenvalue weighted by atomic mass is 10.1. The van der Waals surface area contributed by atoms with Crippen LogP contribution in [0.25, 0.3) is 0 Å². The highest BCUT2D eigenvalue weighted by Crippen LogP contribution is 2.26. The molecule has 0 fully saturated rings. The van der Waals surface area contributed by atoms with Gasteiger partial charge < -0.3 is 25.4 Å². The lowest BCUT2D eigenvalue weighted by Gasteiger charge is -2.09. The van der Waals surface area contributed by atoms with E-state index < -0.39 is 5.91 Å². The Kier molecular flexibility index (Phi) is 4.18. The fraction of sp³-hybridized carbons (Fsp3) is 0.133. The number of phenols is 3. The van der Waals surface area contributed by atoms with Gasteiger partial charge in [-0.1, -0.05) is 6.07 Å². The third kappa shape index (κ3) is 3.36. The predicted octanol–water partition coefficient (Wildman–Crippen LogP) is 1.74. The second-order valence-corrected chi connectivity index (χ2v) is 4.39. The number of rotatable bonds is 4. The quantitative estimate of drug-likeness (QED) is 0.687. The van der Waals surface area contributed by atoms with Gasteiger partial charge in [0, 0.05) is 12.6 Å². The van der Waals surface area contributed by atoms with E-state index in [9.17, 15) is 20.1 Å². The average Bonchev–Trinajstić information content (AvgIpc) is 2.46. The SMILES string of the molecule is COc1cc(CNC(=O)c2ccc(O)cc2O)ccc1O. The number of amides is 1. The second kappa shape index (κ2) is 6.04. The first-order chi connectivity index (χ1) is 10.0. The summed E-state index contributed by atoms with van der Waals surface area (Å²) in [6.07, 6.45) is 0. The molecule has 0 bridgehead atoms. The van der Waals surface area contributed by atoms with Gasteiger partial charge in [-0.15, -0.1) is 0 Å². The monoisotopic (exact) mass is 289 g/mol. The zero-order valence-electron chi connectivity index (χ0n) is 11.3. The number of benzene rings is 2. The minimum Gasteiger partial charge on any atom is -0.508 e. The average molecular weight is 289 g/mol. The van der Waals surface area contributed by atoms with Crippen LogP contribution in [0.15, 0.2) is 36.4 Å². The minimum atomic E-state index is -0.473. The van der Waals surface area contributed by atoms with Crippen LogP contribution in [0.2, 0.25) is 0 Å². The van der Waals surface area contributed by atoms with Crippen LogP contribution in [0, 0.1) is 0 Å². The number of nitrogens with one attached hydrogen (secondary N) is 1. The molecule has 1 amide bonds. The topological polar surface area (TPSA) is 99.0 Å². The van der Waals surface area contributed by atoms with Crippen molar-refractivity contribution in [3.63, 3.8) is 0 Å². The summed E-state index contributed by atoms with van der Waals surface area (Å²) in [6.45, 7) is 0.204. The van der Waals surface area contributed by atoms with Crippen LogP contribution in [0.1, 0.15) is 15.9 Å². The molecule has 6 nitrogen and oxygen atoms in total. The smallest absolute Gasteiger partial charge is 0.255 e. The van der Waals surface area contributed by atoms with Crippen molar-refractivity contribution in [2.75, 3.05) is 7.11 Å². The number of aromatic hydroxyl groups is 3. The molecule has 2 aromatic rings. The number of methoxy groups -OCH3 is 1. The fourth-order valence-corrected chi connectivity index (χ4v) is 1.82. The van der Waals surface area contributed by atoms with Crippen molar-refractivity contribution in [1.82, 2.24) is 5.32 Å². The molecule has 0 unspecified atom stereocenters. The largest absolute Gasteiger partial charge is 0.508 e. The van der Waals surface area contributed by atoms with Crippen LogP contribution in [-0.2, 0) is 6.54 Å². The van der Waals surface area contributed by atoms with Crippen molar-refractivity contribution >= 4 is 5.91 Å². The van der Waals surface area contributed by atoms with Crippen LogP contribution >= 0.6 is 0 Å². The van der Waals surface area contributed by atoms with E-state index in [0.29, 0.717) is 5.75 Å². The molecule has 0 radical (unpaired) electrons. The first kappa shape index (κ1) is 14.5. The molecule has 0 aliphatic rings. The number of hydrogen-bond acceptors (Lipinski definition) is 5. The van der Waals surface area contributed by atoms with Crippen LogP contribution in [0.4, 0.5) is 0 Å². The number of carbonyl (C=O) groups is 1. The van der Waals surface area contributed by atoms with Gasteiger partial charge in [-0.25, -0.2) is 0 Å². The molecular weight excluding hydrogens is 274 g/mol. The van der Waals surface area contributed by atoms with E-state index in [1.807, 2.05) is 0 Å². The number of phenolic OH excluding ortho intramolecular Hbond substituents is 3. The molecule has 0 aliphatic carbocycles. The van der Waals surface area contributed by atoms with Gasteiger partial charge >= 0.3 is 0 Å². The zero-order chi connectivity index (χ0) is 15.4. The van der Waals surface area contributed by atoms with Crippen molar-refractivity contribution in [2.24, 2.45) is 0 Å². The Labute approximate surface area is 121 Å². The maximum absolute atomic E-state index is 11.9. The standard InChI is InChI=1S/C15H15NO5/c1-21-14-6-9(2-5-12(14)18)8-16-15(20)11-4-3-10(17)7-13(11)19/h2-7,17-19H,8H2,1H3,(H,16,20). The van der Waals surface area contributed by atoms with E-state index >= 15 is 0 Å². The molecule has 0 aromatic heterocycles. The van der Waals surface area contributed by atoms with Gasteiger partial charge in [0.25, 0.3) is 5.91 Å². The Bertz CT molecular complexity index is 669. The second-order valence-electron chi connectivity index (χ2n) is 4.39. The molecule has 0 aliphatic heterocycles. The van der Waals surface area contributed by atoms with E-state index in [1.165, 1.54) is 25.3 Å². The summed E-state index contributed by atoms with van der Waals surface area (Å²) < 4.78 is 4.98. The van der Waals surface area contributed by atoms with Crippen LogP contribution in [0.3, 0.4) is 0 Å².